The van der Waals surface area contributed by atoms with Crippen molar-refractivity contribution >= 4 is 5.69 Å². The van der Waals surface area contributed by atoms with Crippen molar-refractivity contribution in [3.05, 3.63) is 21.5 Å². The van der Waals surface area contributed by atoms with Gasteiger partial charge in [0.1, 0.15) is 11.4 Å². The van der Waals surface area contributed by atoms with Crippen molar-refractivity contribution in [2.75, 3.05) is 0 Å². The fourth-order valence-electron chi connectivity index (χ4n) is 1.33. The van der Waals surface area contributed by atoms with Gasteiger partial charge in [0.05, 0.1) is 4.92 Å². The van der Waals surface area contributed by atoms with Crippen LogP contribution in [0.4, 0.5) is 5.69 Å². The molecule has 1 rings (SSSR count). The molecule has 0 radical (unpaired) electrons. The molecule has 0 bridgehead atoms. The minimum absolute atomic E-state index is 0.153. The summed E-state index contributed by atoms with van der Waals surface area (Å²) in [6, 6.07) is 0. The highest BCUT2D eigenvalue weighted by Gasteiger charge is 2.21. The van der Waals surface area contributed by atoms with Crippen LogP contribution in [0.25, 0.3) is 0 Å². The van der Waals surface area contributed by atoms with E-state index >= 15 is 0 Å². The van der Waals surface area contributed by atoms with Crippen LogP contribution in [0.5, 0.6) is 0 Å². The van der Waals surface area contributed by atoms with Crippen LogP contribution in [0.3, 0.4) is 0 Å². The van der Waals surface area contributed by atoms with E-state index in [9.17, 15) is 10.1 Å². The Balaban J connectivity index is 3.32. The molecule has 0 aliphatic rings. The largest absolute Gasteiger partial charge is 0.313 e. The second-order valence-electron chi connectivity index (χ2n) is 2.61. The zero-order valence-electron chi connectivity index (χ0n) is 7.37. The molecule has 1 heterocycles. The highest BCUT2D eigenvalue weighted by atomic mass is 16.6. The molecule has 66 valence electrons. The van der Waals surface area contributed by atoms with Gasteiger partial charge in [-0.25, -0.2) is 0 Å². The van der Waals surface area contributed by atoms with E-state index in [-0.39, 0.29) is 10.6 Å². The molecular formula is C7H11N3O2. The van der Waals surface area contributed by atoms with Gasteiger partial charge in [-0.2, -0.15) is 5.10 Å². The number of nitro groups is 1. The first-order chi connectivity index (χ1) is 5.57. The fourth-order valence-corrected chi connectivity index (χ4v) is 1.33. The van der Waals surface area contributed by atoms with Crippen molar-refractivity contribution in [1.82, 2.24) is 9.78 Å². The van der Waals surface area contributed by atoms with Gasteiger partial charge in [0.15, 0.2) is 0 Å². The summed E-state index contributed by atoms with van der Waals surface area (Å²) in [6.45, 7) is 3.53. The van der Waals surface area contributed by atoms with Crippen LogP contribution in [0.15, 0.2) is 0 Å². The first-order valence-electron chi connectivity index (χ1n) is 3.74. The predicted molar refractivity (Wildman–Crippen MR) is 44.0 cm³/mol. The third kappa shape index (κ3) is 1.17. The number of aromatic nitrogens is 2. The van der Waals surface area contributed by atoms with Crippen LogP contribution in [-0.4, -0.2) is 14.7 Å². The lowest BCUT2D eigenvalue weighted by Gasteiger charge is -1.94. The molecule has 12 heavy (non-hydrogen) atoms. The second-order valence-corrected chi connectivity index (χ2v) is 2.61. The van der Waals surface area contributed by atoms with Crippen molar-refractivity contribution in [3.63, 3.8) is 0 Å². The summed E-state index contributed by atoms with van der Waals surface area (Å²) >= 11 is 0. The van der Waals surface area contributed by atoms with Gasteiger partial charge in [0.2, 0.25) is 0 Å². The molecule has 1 aromatic heterocycles. The Hall–Kier alpha value is -1.39. The lowest BCUT2D eigenvalue weighted by atomic mass is 10.2. The molecule has 0 aliphatic carbocycles. The summed E-state index contributed by atoms with van der Waals surface area (Å²) in [5.41, 5.74) is 1.32. The normalized spacial score (nSPS) is 10.2. The van der Waals surface area contributed by atoms with Gasteiger partial charge in [-0.3, -0.25) is 14.8 Å². The molecule has 0 aliphatic heterocycles. The van der Waals surface area contributed by atoms with E-state index in [0.717, 1.165) is 0 Å². The molecule has 0 N–H and O–H groups in total. The average molecular weight is 169 g/mol. The number of rotatable bonds is 2. The van der Waals surface area contributed by atoms with E-state index in [0.29, 0.717) is 17.8 Å². The Bertz CT molecular complexity index is 317. The van der Waals surface area contributed by atoms with Crippen molar-refractivity contribution in [1.29, 1.82) is 0 Å². The first kappa shape index (κ1) is 8.70. The topological polar surface area (TPSA) is 61.0 Å². The van der Waals surface area contributed by atoms with E-state index in [1.165, 1.54) is 0 Å². The first-order valence-corrected chi connectivity index (χ1v) is 3.74. The van der Waals surface area contributed by atoms with Gasteiger partial charge in [-0.05, 0) is 13.3 Å². The predicted octanol–water partition coefficient (Wildman–Crippen LogP) is 1.20. The molecular weight excluding hydrogens is 158 g/mol. The zero-order valence-corrected chi connectivity index (χ0v) is 7.37. The highest BCUT2D eigenvalue weighted by Crippen LogP contribution is 2.21. The quantitative estimate of drug-likeness (QED) is 0.493. The molecule has 0 unspecified atom stereocenters. The smallest absolute Gasteiger partial charge is 0.265 e. The van der Waals surface area contributed by atoms with Crippen molar-refractivity contribution in [2.45, 2.75) is 20.3 Å². The van der Waals surface area contributed by atoms with Crippen molar-refractivity contribution in [3.8, 4) is 0 Å². The minimum Gasteiger partial charge on any atom is -0.265 e. The highest BCUT2D eigenvalue weighted by molar-refractivity contribution is 5.40. The van der Waals surface area contributed by atoms with Crippen molar-refractivity contribution < 1.29 is 4.92 Å². The van der Waals surface area contributed by atoms with Crippen LogP contribution in [-0.2, 0) is 13.5 Å². The van der Waals surface area contributed by atoms with Gasteiger partial charge in [0, 0.05) is 7.05 Å². The number of hydrogen-bond donors (Lipinski definition) is 0. The summed E-state index contributed by atoms with van der Waals surface area (Å²) in [7, 11) is 1.72. The van der Waals surface area contributed by atoms with E-state index in [1.807, 2.05) is 6.92 Å². The van der Waals surface area contributed by atoms with Crippen LogP contribution in [0, 0.1) is 17.0 Å². The van der Waals surface area contributed by atoms with Crippen LogP contribution in [0.1, 0.15) is 18.3 Å². The van der Waals surface area contributed by atoms with Crippen molar-refractivity contribution in [2.24, 2.45) is 7.05 Å². The zero-order chi connectivity index (χ0) is 9.30. The Morgan fingerprint density at radius 3 is 2.58 bits per heavy atom. The van der Waals surface area contributed by atoms with Gasteiger partial charge in [0.25, 0.3) is 0 Å². The average Bonchev–Trinajstić information content (AvgIpc) is 2.24. The van der Waals surface area contributed by atoms with Crippen LogP contribution < -0.4 is 0 Å². The third-order valence-electron chi connectivity index (χ3n) is 1.82. The molecule has 0 saturated carbocycles. The van der Waals surface area contributed by atoms with Crippen LogP contribution in [0.2, 0.25) is 0 Å². The summed E-state index contributed by atoms with van der Waals surface area (Å²) in [5, 5.41) is 14.5. The molecule has 0 fully saturated rings. The van der Waals surface area contributed by atoms with Gasteiger partial charge in [-0.1, -0.05) is 6.92 Å². The van der Waals surface area contributed by atoms with E-state index < -0.39 is 0 Å². The Morgan fingerprint density at radius 2 is 2.25 bits per heavy atom. The maximum absolute atomic E-state index is 10.6. The number of hydrogen-bond acceptors (Lipinski definition) is 3. The number of nitrogens with zero attached hydrogens (tertiary/aromatic N) is 3. The summed E-state index contributed by atoms with van der Waals surface area (Å²) in [6.07, 6.45) is 0.633. The molecule has 0 aromatic carbocycles. The van der Waals surface area contributed by atoms with E-state index in [4.69, 9.17) is 0 Å². The Morgan fingerprint density at radius 1 is 1.67 bits per heavy atom. The van der Waals surface area contributed by atoms with Gasteiger partial charge in [-0.15, -0.1) is 0 Å². The lowest BCUT2D eigenvalue weighted by molar-refractivity contribution is -0.386. The molecule has 5 nitrogen and oxygen atoms in total. The second kappa shape index (κ2) is 2.92. The summed E-state index contributed by atoms with van der Waals surface area (Å²) in [5.74, 6) is 0. The van der Waals surface area contributed by atoms with Gasteiger partial charge < -0.3 is 0 Å². The SMILES string of the molecule is CCc1c([N+](=O)[O-])c(C)nn1C. The Kier molecular flexibility index (Phi) is 2.12. The number of aryl methyl sites for hydroxylation is 2. The summed E-state index contributed by atoms with van der Waals surface area (Å²) < 4.78 is 1.56. The molecule has 0 spiro atoms. The monoisotopic (exact) mass is 169 g/mol. The maximum Gasteiger partial charge on any atom is 0.313 e. The minimum atomic E-state index is -0.374. The molecule has 0 atom stereocenters. The molecule has 0 saturated heterocycles. The van der Waals surface area contributed by atoms with Crippen LogP contribution >= 0.6 is 0 Å². The third-order valence-corrected chi connectivity index (χ3v) is 1.82. The van der Waals surface area contributed by atoms with Gasteiger partial charge >= 0.3 is 5.69 Å². The molecule has 0 amide bonds. The fraction of sp³-hybridized carbons (Fsp3) is 0.571. The maximum atomic E-state index is 10.6. The van der Waals surface area contributed by atoms with E-state index in [2.05, 4.69) is 5.10 Å². The standard InChI is InChI=1S/C7H11N3O2/c1-4-6-7(10(11)12)5(2)8-9(6)3/h4H2,1-3H3. The summed E-state index contributed by atoms with van der Waals surface area (Å²) in [4.78, 5) is 10.2. The molecule has 5 heteroatoms. The molecule has 1 aromatic rings. The van der Waals surface area contributed by atoms with E-state index in [1.54, 1.807) is 18.7 Å². The Labute approximate surface area is 70.2 Å². The lowest BCUT2D eigenvalue weighted by Crippen LogP contribution is -1.98.